The van der Waals surface area contributed by atoms with Gasteiger partial charge in [0.1, 0.15) is 12.4 Å². The molecule has 1 aromatic rings. The van der Waals surface area contributed by atoms with Crippen LogP contribution in [0.2, 0.25) is 0 Å². The van der Waals surface area contributed by atoms with Crippen molar-refractivity contribution in [3.05, 3.63) is 41.2 Å². The molecule has 0 fully saturated rings. The number of hydrogen-bond acceptors (Lipinski definition) is 3. The number of ether oxygens (including phenoxy) is 1. The zero-order valence-corrected chi connectivity index (χ0v) is 7.81. The minimum atomic E-state index is -0.420. The van der Waals surface area contributed by atoms with E-state index in [1.54, 1.807) is 12.1 Å². The maximum atomic E-state index is 13.1. The molecule has 0 radical (unpaired) electrons. The van der Waals surface area contributed by atoms with E-state index in [0.717, 1.165) is 0 Å². The summed E-state index contributed by atoms with van der Waals surface area (Å²) in [4.78, 5) is 9.91. The lowest BCUT2D eigenvalue weighted by Gasteiger charge is -1.98. The molecule has 0 bridgehead atoms. The summed E-state index contributed by atoms with van der Waals surface area (Å²) in [6.45, 7) is 0.0981. The molecule has 0 aromatic heterocycles. The molecule has 0 atom stereocenters. The second kappa shape index (κ2) is 5.55. The molecule has 0 amide bonds. The molecule has 0 heterocycles. The molecule has 1 rings (SSSR count). The van der Waals surface area contributed by atoms with E-state index in [-0.39, 0.29) is 18.7 Å². The molecule has 0 unspecified atom stereocenters. The maximum absolute atomic E-state index is 13.1. The number of nitriles is 1. The van der Waals surface area contributed by atoms with Crippen LogP contribution in [0.4, 0.5) is 4.39 Å². The van der Waals surface area contributed by atoms with Gasteiger partial charge in [-0.15, -0.1) is 0 Å². The van der Waals surface area contributed by atoms with Crippen molar-refractivity contribution in [3.8, 4) is 6.07 Å². The molecule has 0 spiro atoms. The van der Waals surface area contributed by atoms with Crippen LogP contribution in [-0.4, -0.2) is 13.1 Å². The summed E-state index contributed by atoms with van der Waals surface area (Å²) in [5.41, 5.74) is 0.482. The summed E-state index contributed by atoms with van der Waals surface area (Å²) >= 11 is 0. The average molecular weight is 205 g/mol. The SMILES string of the molecule is N#C/C(=C/c1ccccc1F)COC=O. The Bertz CT molecular complexity index is 421. The molecule has 0 aliphatic heterocycles. The fourth-order valence-corrected chi connectivity index (χ4v) is 1.01. The van der Waals surface area contributed by atoms with E-state index in [1.165, 1.54) is 18.2 Å². The van der Waals surface area contributed by atoms with Crippen molar-refractivity contribution in [2.75, 3.05) is 6.61 Å². The quantitative estimate of drug-likeness (QED) is 0.557. The monoisotopic (exact) mass is 205 g/mol. The van der Waals surface area contributed by atoms with Gasteiger partial charge in [-0.05, 0) is 12.1 Å². The fourth-order valence-electron chi connectivity index (χ4n) is 1.01. The first-order valence-electron chi connectivity index (χ1n) is 4.18. The van der Waals surface area contributed by atoms with Crippen LogP contribution < -0.4 is 0 Å². The van der Waals surface area contributed by atoms with Gasteiger partial charge in [0.25, 0.3) is 6.47 Å². The highest BCUT2D eigenvalue weighted by Gasteiger charge is 2.00. The van der Waals surface area contributed by atoms with Crippen LogP contribution in [0.5, 0.6) is 0 Å². The van der Waals surface area contributed by atoms with E-state index in [1.807, 2.05) is 6.07 Å². The highest BCUT2D eigenvalue weighted by Crippen LogP contribution is 2.11. The molecular weight excluding hydrogens is 197 g/mol. The molecule has 0 saturated heterocycles. The number of rotatable bonds is 4. The van der Waals surface area contributed by atoms with E-state index in [9.17, 15) is 9.18 Å². The third kappa shape index (κ3) is 3.24. The Balaban J connectivity index is 2.89. The second-order valence-electron chi connectivity index (χ2n) is 2.71. The lowest BCUT2D eigenvalue weighted by Crippen LogP contribution is -1.94. The van der Waals surface area contributed by atoms with Gasteiger partial charge in [-0.2, -0.15) is 5.26 Å². The predicted octanol–water partition coefficient (Wildman–Crippen LogP) is 1.91. The highest BCUT2D eigenvalue weighted by molar-refractivity contribution is 5.58. The summed E-state index contributed by atoms with van der Waals surface area (Å²) in [5, 5.41) is 8.67. The number of carbonyl (C=O) groups is 1. The second-order valence-corrected chi connectivity index (χ2v) is 2.71. The molecule has 4 heteroatoms. The summed E-state index contributed by atoms with van der Waals surface area (Å²) < 4.78 is 17.5. The van der Waals surface area contributed by atoms with Gasteiger partial charge >= 0.3 is 0 Å². The lowest BCUT2D eigenvalue weighted by atomic mass is 10.1. The van der Waals surface area contributed by atoms with Crippen LogP contribution in [0.25, 0.3) is 6.08 Å². The molecule has 0 aliphatic carbocycles. The van der Waals surface area contributed by atoms with Gasteiger partial charge in [-0.25, -0.2) is 4.39 Å². The first kappa shape index (κ1) is 10.9. The molecule has 1 aromatic carbocycles. The van der Waals surface area contributed by atoms with Crippen molar-refractivity contribution < 1.29 is 13.9 Å². The normalized spacial score (nSPS) is 10.5. The van der Waals surface area contributed by atoms with E-state index >= 15 is 0 Å². The molecule has 15 heavy (non-hydrogen) atoms. The standard InChI is InChI=1S/C11H8FNO2/c12-11-4-2-1-3-10(11)5-9(6-13)7-15-8-14/h1-5,8H,7H2/b9-5-. The minimum absolute atomic E-state index is 0.145. The van der Waals surface area contributed by atoms with Gasteiger partial charge < -0.3 is 4.74 Å². The molecule has 76 valence electrons. The molecule has 0 aliphatic rings. The van der Waals surface area contributed by atoms with E-state index in [2.05, 4.69) is 4.74 Å². The highest BCUT2D eigenvalue weighted by atomic mass is 19.1. The molecule has 0 N–H and O–H groups in total. The zero-order valence-electron chi connectivity index (χ0n) is 7.81. The zero-order chi connectivity index (χ0) is 11.1. The third-order valence-corrected chi connectivity index (χ3v) is 1.69. The maximum Gasteiger partial charge on any atom is 0.293 e. The average Bonchev–Trinajstić information content (AvgIpc) is 2.26. The van der Waals surface area contributed by atoms with E-state index < -0.39 is 5.82 Å². The van der Waals surface area contributed by atoms with Crippen molar-refractivity contribution in [1.29, 1.82) is 5.26 Å². The number of carbonyl (C=O) groups excluding carboxylic acids is 1. The molecular formula is C11H8FNO2. The smallest absolute Gasteiger partial charge is 0.293 e. The number of nitrogens with zero attached hydrogens (tertiary/aromatic N) is 1. The Morgan fingerprint density at radius 1 is 1.53 bits per heavy atom. The number of benzene rings is 1. The Morgan fingerprint density at radius 3 is 2.87 bits per heavy atom. The van der Waals surface area contributed by atoms with Crippen LogP contribution in [0.15, 0.2) is 29.8 Å². The van der Waals surface area contributed by atoms with E-state index in [4.69, 9.17) is 5.26 Å². The summed E-state index contributed by atoms with van der Waals surface area (Å²) in [6, 6.07) is 7.86. The first-order valence-corrected chi connectivity index (χ1v) is 4.18. The topological polar surface area (TPSA) is 50.1 Å². The van der Waals surface area contributed by atoms with Gasteiger partial charge in [-0.1, -0.05) is 18.2 Å². The van der Waals surface area contributed by atoms with Crippen molar-refractivity contribution in [2.24, 2.45) is 0 Å². The van der Waals surface area contributed by atoms with Crippen LogP contribution in [0, 0.1) is 17.1 Å². The van der Waals surface area contributed by atoms with E-state index in [0.29, 0.717) is 5.56 Å². The Morgan fingerprint density at radius 2 is 2.27 bits per heavy atom. The third-order valence-electron chi connectivity index (χ3n) is 1.69. The Kier molecular flexibility index (Phi) is 4.05. The van der Waals surface area contributed by atoms with Crippen molar-refractivity contribution in [1.82, 2.24) is 0 Å². The van der Waals surface area contributed by atoms with Crippen LogP contribution in [-0.2, 0) is 9.53 Å². The summed E-state index contributed by atoms with van der Waals surface area (Å²) in [7, 11) is 0. The van der Waals surface area contributed by atoms with Crippen LogP contribution >= 0.6 is 0 Å². The van der Waals surface area contributed by atoms with Crippen LogP contribution in [0.3, 0.4) is 0 Å². The Hall–Kier alpha value is -2.15. The predicted molar refractivity (Wildman–Crippen MR) is 52.0 cm³/mol. The van der Waals surface area contributed by atoms with Gasteiger partial charge in [0, 0.05) is 5.56 Å². The first-order chi connectivity index (χ1) is 7.27. The van der Waals surface area contributed by atoms with Gasteiger partial charge in [-0.3, -0.25) is 4.79 Å². The largest absolute Gasteiger partial charge is 0.462 e. The van der Waals surface area contributed by atoms with Gasteiger partial charge in [0.2, 0.25) is 0 Å². The van der Waals surface area contributed by atoms with Crippen molar-refractivity contribution in [3.63, 3.8) is 0 Å². The summed E-state index contributed by atoms with van der Waals surface area (Å²) in [5.74, 6) is -0.420. The van der Waals surface area contributed by atoms with Gasteiger partial charge in [0.05, 0.1) is 11.6 Å². The van der Waals surface area contributed by atoms with Crippen LogP contribution in [0.1, 0.15) is 5.56 Å². The lowest BCUT2D eigenvalue weighted by molar-refractivity contribution is -0.127. The molecule has 0 saturated carbocycles. The number of halogens is 1. The van der Waals surface area contributed by atoms with Gasteiger partial charge in [0.15, 0.2) is 0 Å². The molecule has 3 nitrogen and oxygen atoms in total. The number of hydrogen-bond donors (Lipinski definition) is 0. The Labute approximate surface area is 86.4 Å². The fraction of sp³-hybridized carbons (Fsp3) is 0.0909. The van der Waals surface area contributed by atoms with Crippen molar-refractivity contribution in [2.45, 2.75) is 0 Å². The summed E-state index contributed by atoms with van der Waals surface area (Å²) in [6.07, 6.45) is 1.35. The van der Waals surface area contributed by atoms with Crippen molar-refractivity contribution >= 4 is 12.5 Å². The minimum Gasteiger partial charge on any atom is -0.462 e.